The second kappa shape index (κ2) is 7.32. The van der Waals surface area contributed by atoms with Crippen LogP contribution < -0.4 is 5.32 Å². The summed E-state index contributed by atoms with van der Waals surface area (Å²) in [5.74, 6) is -1.12. The molecule has 6 heteroatoms. The molecule has 1 amide bonds. The Morgan fingerprint density at radius 2 is 1.73 bits per heavy atom. The Balaban J connectivity index is 1.92. The van der Waals surface area contributed by atoms with Gasteiger partial charge in [0.1, 0.15) is 0 Å². The Morgan fingerprint density at radius 1 is 1.12 bits per heavy atom. The number of aromatic nitrogens is 2. The molecule has 0 aliphatic heterocycles. The Labute approximate surface area is 154 Å². The topological polar surface area (TPSA) is 84.2 Å². The highest BCUT2D eigenvalue weighted by Crippen LogP contribution is 2.22. The van der Waals surface area contributed by atoms with Crippen LogP contribution in [0.2, 0.25) is 0 Å². The lowest BCUT2D eigenvalue weighted by Gasteiger charge is -2.19. The van der Waals surface area contributed by atoms with Crippen LogP contribution in [0.1, 0.15) is 52.2 Å². The minimum absolute atomic E-state index is 0.111. The third kappa shape index (κ3) is 4.71. The summed E-state index contributed by atoms with van der Waals surface area (Å²) in [6, 6.07) is 8.32. The molecular formula is C20H27N3O3. The van der Waals surface area contributed by atoms with Gasteiger partial charge in [0.25, 0.3) is 0 Å². The van der Waals surface area contributed by atoms with E-state index in [1.807, 2.05) is 0 Å². The van der Waals surface area contributed by atoms with E-state index in [2.05, 4.69) is 55.5 Å². The number of aryl methyl sites for hydroxylation is 1. The maximum atomic E-state index is 12.1. The van der Waals surface area contributed by atoms with E-state index in [4.69, 9.17) is 0 Å². The highest BCUT2D eigenvalue weighted by molar-refractivity contribution is 5.90. The van der Waals surface area contributed by atoms with Crippen LogP contribution in [0.3, 0.4) is 0 Å². The van der Waals surface area contributed by atoms with Crippen LogP contribution >= 0.6 is 0 Å². The van der Waals surface area contributed by atoms with Crippen molar-refractivity contribution in [2.24, 2.45) is 0 Å². The molecule has 0 aliphatic carbocycles. The van der Waals surface area contributed by atoms with E-state index in [-0.39, 0.29) is 11.3 Å². The smallest absolute Gasteiger partial charge is 0.331 e. The Bertz CT molecular complexity index is 783. The van der Waals surface area contributed by atoms with Crippen LogP contribution in [0.15, 0.2) is 36.7 Å². The van der Waals surface area contributed by atoms with Gasteiger partial charge in [0.2, 0.25) is 5.91 Å². The lowest BCUT2D eigenvalue weighted by molar-refractivity contribution is -0.146. The summed E-state index contributed by atoms with van der Waals surface area (Å²) in [4.78, 5) is 23.4. The molecule has 0 atom stereocenters. The lowest BCUT2D eigenvalue weighted by Crippen LogP contribution is -2.35. The first-order valence-corrected chi connectivity index (χ1v) is 8.68. The van der Waals surface area contributed by atoms with Gasteiger partial charge in [0.15, 0.2) is 5.54 Å². The molecule has 0 fully saturated rings. The highest BCUT2D eigenvalue weighted by Gasteiger charge is 2.30. The molecule has 0 spiro atoms. The summed E-state index contributed by atoms with van der Waals surface area (Å²) in [7, 11) is 0. The lowest BCUT2D eigenvalue weighted by atomic mass is 9.86. The third-order valence-corrected chi connectivity index (χ3v) is 4.42. The predicted molar refractivity (Wildman–Crippen MR) is 101 cm³/mol. The maximum absolute atomic E-state index is 12.1. The highest BCUT2D eigenvalue weighted by atomic mass is 16.4. The van der Waals surface area contributed by atoms with Crippen molar-refractivity contribution >= 4 is 17.6 Å². The summed E-state index contributed by atoms with van der Waals surface area (Å²) in [5.41, 5.74) is 1.81. The minimum atomic E-state index is -1.17. The maximum Gasteiger partial charge on any atom is 0.331 e. The van der Waals surface area contributed by atoms with E-state index < -0.39 is 11.5 Å². The molecular weight excluding hydrogens is 330 g/mol. The number of carbonyl (C=O) groups excluding carboxylic acids is 1. The van der Waals surface area contributed by atoms with Crippen LogP contribution in [0.25, 0.3) is 0 Å². The van der Waals surface area contributed by atoms with E-state index in [1.165, 1.54) is 22.6 Å². The van der Waals surface area contributed by atoms with Gasteiger partial charge < -0.3 is 10.4 Å². The number of rotatable bonds is 6. The molecule has 2 rings (SSSR count). The van der Waals surface area contributed by atoms with Crippen LogP contribution in [0.4, 0.5) is 5.69 Å². The molecule has 1 aromatic carbocycles. The second-order valence-electron chi connectivity index (χ2n) is 8.03. The molecule has 0 saturated carbocycles. The number of amides is 1. The van der Waals surface area contributed by atoms with Crippen molar-refractivity contribution in [3.8, 4) is 0 Å². The number of aliphatic carboxylic acids is 1. The molecule has 6 nitrogen and oxygen atoms in total. The number of nitrogens with one attached hydrogen (secondary N) is 1. The normalized spacial score (nSPS) is 12.0. The van der Waals surface area contributed by atoms with Gasteiger partial charge >= 0.3 is 5.97 Å². The summed E-state index contributed by atoms with van der Waals surface area (Å²) < 4.78 is 1.33. The fourth-order valence-electron chi connectivity index (χ4n) is 2.44. The molecule has 0 unspecified atom stereocenters. The zero-order valence-electron chi connectivity index (χ0n) is 16.0. The van der Waals surface area contributed by atoms with E-state index >= 15 is 0 Å². The summed E-state index contributed by atoms with van der Waals surface area (Å²) >= 11 is 0. The number of carboxylic acids is 1. The van der Waals surface area contributed by atoms with Crippen molar-refractivity contribution in [2.45, 2.75) is 58.4 Å². The Hall–Kier alpha value is -2.63. The summed E-state index contributed by atoms with van der Waals surface area (Å²) in [6.07, 6.45) is 3.98. The number of anilines is 1. The van der Waals surface area contributed by atoms with Gasteiger partial charge in [-0.25, -0.2) is 4.79 Å². The molecule has 26 heavy (non-hydrogen) atoms. The molecule has 0 bridgehead atoms. The van der Waals surface area contributed by atoms with Crippen LogP contribution in [0.5, 0.6) is 0 Å². The zero-order valence-corrected chi connectivity index (χ0v) is 16.0. The average Bonchev–Trinajstić information content (AvgIpc) is 3.01. The molecule has 0 saturated heterocycles. The van der Waals surface area contributed by atoms with Crippen LogP contribution in [0, 0.1) is 0 Å². The van der Waals surface area contributed by atoms with E-state index in [0.29, 0.717) is 18.5 Å². The first kappa shape index (κ1) is 19.7. The Kier molecular flexibility index (Phi) is 5.54. The molecule has 140 valence electrons. The fourth-order valence-corrected chi connectivity index (χ4v) is 2.44. The number of benzene rings is 1. The SMILES string of the molecule is CC(C)(C)c1ccc(CCC(=O)Nc2cnn(C(C)(C)C(=O)O)c2)cc1. The second-order valence-corrected chi connectivity index (χ2v) is 8.03. The zero-order chi connectivity index (χ0) is 19.5. The van der Waals surface area contributed by atoms with Gasteiger partial charge in [-0.1, -0.05) is 45.0 Å². The van der Waals surface area contributed by atoms with Crippen LogP contribution in [-0.2, 0) is 27.0 Å². The monoisotopic (exact) mass is 357 g/mol. The van der Waals surface area contributed by atoms with E-state index in [1.54, 1.807) is 13.8 Å². The minimum Gasteiger partial charge on any atom is -0.479 e. The first-order valence-electron chi connectivity index (χ1n) is 8.68. The van der Waals surface area contributed by atoms with Gasteiger partial charge in [-0.3, -0.25) is 9.48 Å². The number of hydrogen-bond donors (Lipinski definition) is 2. The number of hydrogen-bond acceptors (Lipinski definition) is 3. The Morgan fingerprint density at radius 3 is 2.27 bits per heavy atom. The largest absolute Gasteiger partial charge is 0.479 e. The fraction of sp³-hybridized carbons (Fsp3) is 0.450. The van der Waals surface area contributed by atoms with Crippen molar-refractivity contribution in [2.75, 3.05) is 5.32 Å². The van der Waals surface area contributed by atoms with E-state index in [9.17, 15) is 14.7 Å². The van der Waals surface area contributed by atoms with Crippen molar-refractivity contribution < 1.29 is 14.7 Å². The summed E-state index contributed by atoms with van der Waals surface area (Å²) in [6.45, 7) is 9.61. The van der Waals surface area contributed by atoms with Crippen molar-refractivity contribution in [3.63, 3.8) is 0 Å². The van der Waals surface area contributed by atoms with Crippen molar-refractivity contribution in [1.29, 1.82) is 0 Å². The molecule has 1 aromatic heterocycles. The van der Waals surface area contributed by atoms with Gasteiger partial charge in [0, 0.05) is 12.6 Å². The molecule has 1 heterocycles. The molecule has 2 N–H and O–H groups in total. The van der Waals surface area contributed by atoms with Crippen molar-refractivity contribution in [3.05, 3.63) is 47.8 Å². The number of carboxylic acid groups (broad SMARTS) is 1. The quantitative estimate of drug-likeness (QED) is 0.828. The van der Waals surface area contributed by atoms with E-state index in [0.717, 1.165) is 5.56 Å². The average molecular weight is 357 g/mol. The van der Waals surface area contributed by atoms with Gasteiger partial charge in [0.05, 0.1) is 11.9 Å². The van der Waals surface area contributed by atoms with Gasteiger partial charge in [-0.05, 0) is 36.8 Å². The first-order chi connectivity index (χ1) is 12.0. The molecule has 2 aromatic rings. The standard InChI is InChI=1S/C20H27N3O3/c1-19(2,3)15-9-6-14(7-10-15)8-11-17(24)22-16-12-21-23(13-16)20(4,5)18(25)26/h6-7,9-10,12-13H,8,11H2,1-5H3,(H,22,24)(H,25,26). The van der Waals surface area contributed by atoms with Gasteiger partial charge in [-0.15, -0.1) is 0 Å². The van der Waals surface area contributed by atoms with Crippen molar-refractivity contribution in [1.82, 2.24) is 9.78 Å². The number of nitrogens with zero attached hydrogens (tertiary/aromatic N) is 2. The molecule has 0 aliphatic rings. The van der Waals surface area contributed by atoms with Gasteiger partial charge in [-0.2, -0.15) is 5.10 Å². The third-order valence-electron chi connectivity index (χ3n) is 4.42. The predicted octanol–water partition coefficient (Wildman–Crippen LogP) is 3.57. The molecule has 0 radical (unpaired) electrons. The number of carbonyl (C=O) groups is 2. The van der Waals surface area contributed by atoms with Crippen LogP contribution in [-0.4, -0.2) is 26.8 Å². The summed E-state index contributed by atoms with van der Waals surface area (Å²) in [5, 5.41) is 16.0.